The van der Waals surface area contributed by atoms with Crippen LogP contribution in [-0.4, -0.2) is 20.4 Å². The topological polar surface area (TPSA) is 115 Å². The van der Waals surface area contributed by atoms with Crippen molar-refractivity contribution in [2.24, 2.45) is 11.8 Å². The van der Waals surface area contributed by atoms with E-state index in [1.54, 1.807) is 16.7 Å². The Hall–Kier alpha value is -2.90. The van der Waals surface area contributed by atoms with Crippen molar-refractivity contribution in [1.82, 2.24) is 19.9 Å². The van der Waals surface area contributed by atoms with Gasteiger partial charge in [-0.1, -0.05) is 0 Å². The number of amides is 1. The molecule has 8 nitrogen and oxygen atoms in total. The zero-order valence-electron chi connectivity index (χ0n) is 14.5. The van der Waals surface area contributed by atoms with Crippen LogP contribution in [-0.2, 0) is 5.66 Å². The van der Waals surface area contributed by atoms with Gasteiger partial charge in [0.15, 0.2) is 0 Å². The van der Waals surface area contributed by atoms with Crippen molar-refractivity contribution in [3.63, 3.8) is 0 Å². The summed E-state index contributed by atoms with van der Waals surface area (Å²) in [6, 6.07) is 3.28. The van der Waals surface area contributed by atoms with E-state index in [2.05, 4.69) is 20.6 Å². The highest BCUT2D eigenvalue weighted by atomic mass is 16.2. The van der Waals surface area contributed by atoms with E-state index in [4.69, 9.17) is 5.73 Å². The van der Waals surface area contributed by atoms with Crippen LogP contribution in [0.15, 0.2) is 23.3 Å². The Morgan fingerprint density at radius 3 is 2.85 bits per heavy atom. The molecule has 3 atom stereocenters. The molecule has 1 spiro atoms. The molecular formula is C18H20N6O2. The number of aromatic nitrogens is 3. The van der Waals surface area contributed by atoms with Crippen molar-refractivity contribution in [1.29, 1.82) is 0 Å². The molecule has 134 valence electrons. The summed E-state index contributed by atoms with van der Waals surface area (Å²) in [4.78, 5) is 34.0. The molecule has 0 saturated heterocycles. The van der Waals surface area contributed by atoms with Gasteiger partial charge in [-0.05, 0) is 50.2 Å². The molecule has 0 radical (unpaired) electrons. The second-order valence-electron chi connectivity index (χ2n) is 7.64. The molecule has 2 saturated carbocycles. The molecule has 5 rings (SSSR count). The van der Waals surface area contributed by atoms with Crippen LogP contribution in [0.25, 0.3) is 0 Å². The number of nitrogens with two attached hydrogens (primary N) is 1. The fourth-order valence-corrected chi connectivity index (χ4v) is 5.11. The van der Waals surface area contributed by atoms with Crippen LogP contribution in [0.4, 0.5) is 17.3 Å². The largest absolute Gasteiger partial charge is 0.384 e. The Labute approximate surface area is 149 Å². The van der Waals surface area contributed by atoms with Gasteiger partial charge in [0.1, 0.15) is 35.0 Å². The van der Waals surface area contributed by atoms with E-state index in [0.717, 1.165) is 24.8 Å². The van der Waals surface area contributed by atoms with Crippen LogP contribution in [0, 0.1) is 18.8 Å². The van der Waals surface area contributed by atoms with Gasteiger partial charge >= 0.3 is 0 Å². The molecule has 2 aromatic rings. The summed E-state index contributed by atoms with van der Waals surface area (Å²) in [5.41, 5.74) is 6.57. The second-order valence-corrected chi connectivity index (χ2v) is 7.64. The van der Waals surface area contributed by atoms with E-state index in [1.165, 1.54) is 12.7 Å². The van der Waals surface area contributed by atoms with Gasteiger partial charge in [-0.3, -0.25) is 14.2 Å². The molecule has 3 heterocycles. The predicted octanol–water partition coefficient (Wildman–Crippen LogP) is 1.49. The summed E-state index contributed by atoms with van der Waals surface area (Å²) in [5.74, 6) is 1.53. The number of nitrogen functional groups attached to an aromatic ring is 1. The SMILES string of the molecule is Cc1cc(Nc2cc(N)ncn2)c(=O)n2c1C(=O)NC21C[C@@H]2CC[C@H]1C2. The first-order chi connectivity index (χ1) is 12.5. The highest BCUT2D eigenvalue weighted by Crippen LogP contribution is 2.54. The fraction of sp³-hybridized carbons (Fsp3) is 0.444. The number of pyridine rings is 1. The minimum absolute atomic E-state index is 0.148. The number of carbonyl (C=O) groups is 1. The maximum absolute atomic E-state index is 13.3. The Morgan fingerprint density at radius 2 is 2.15 bits per heavy atom. The lowest BCUT2D eigenvalue weighted by Crippen LogP contribution is -2.51. The lowest BCUT2D eigenvalue weighted by Gasteiger charge is -2.35. The standard InChI is InChI=1S/C18H20N6O2/c1-9-4-12(22-14-6-13(19)20-8-21-14)17(26)24-15(9)16(25)23-18(24)7-10-2-3-11(18)5-10/h4,6,8,10-11H,2-3,5,7H2,1H3,(H,23,25)(H3,19,20,21,22)/t10-,11+,18?/m1/s1. The first kappa shape index (κ1) is 15.4. The van der Waals surface area contributed by atoms with Gasteiger partial charge in [0.25, 0.3) is 11.5 Å². The van der Waals surface area contributed by atoms with Crippen LogP contribution in [0.2, 0.25) is 0 Å². The average Bonchev–Trinajstić information content (AvgIpc) is 3.26. The van der Waals surface area contributed by atoms with E-state index in [0.29, 0.717) is 34.9 Å². The normalized spacial score (nSPS) is 28.4. The Morgan fingerprint density at radius 1 is 1.31 bits per heavy atom. The number of hydrogen-bond acceptors (Lipinski definition) is 6. The summed E-state index contributed by atoms with van der Waals surface area (Å²) < 4.78 is 1.71. The molecule has 1 amide bonds. The van der Waals surface area contributed by atoms with Crippen LogP contribution in [0.1, 0.15) is 41.7 Å². The lowest BCUT2D eigenvalue weighted by molar-refractivity contribution is 0.0845. The van der Waals surface area contributed by atoms with Gasteiger partial charge in [-0.15, -0.1) is 0 Å². The summed E-state index contributed by atoms with van der Waals surface area (Å²) in [6.45, 7) is 1.86. The molecule has 1 aliphatic heterocycles. The molecule has 8 heteroatoms. The molecule has 2 aliphatic carbocycles. The molecule has 2 aromatic heterocycles. The summed E-state index contributed by atoms with van der Waals surface area (Å²) in [5, 5.41) is 6.20. The van der Waals surface area contributed by atoms with Gasteiger partial charge in [0, 0.05) is 12.0 Å². The Kier molecular flexibility index (Phi) is 2.99. The minimum atomic E-state index is -0.570. The fourth-order valence-electron chi connectivity index (χ4n) is 5.11. The summed E-state index contributed by atoms with van der Waals surface area (Å²) in [6.07, 6.45) is 5.49. The van der Waals surface area contributed by atoms with Crippen LogP contribution in [0.5, 0.6) is 0 Å². The van der Waals surface area contributed by atoms with E-state index in [9.17, 15) is 9.59 Å². The third-order valence-corrected chi connectivity index (χ3v) is 6.10. The lowest BCUT2D eigenvalue weighted by atomic mass is 9.88. The third-order valence-electron chi connectivity index (χ3n) is 6.10. The van der Waals surface area contributed by atoms with Gasteiger partial charge in [0.2, 0.25) is 0 Å². The van der Waals surface area contributed by atoms with E-state index < -0.39 is 5.66 Å². The Balaban J connectivity index is 1.66. The zero-order chi connectivity index (χ0) is 18.1. The highest BCUT2D eigenvalue weighted by Gasteiger charge is 2.57. The van der Waals surface area contributed by atoms with Crippen LogP contribution >= 0.6 is 0 Å². The number of hydrogen-bond donors (Lipinski definition) is 3. The minimum Gasteiger partial charge on any atom is -0.384 e. The molecular weight excluding hydrogens is 332 g/mol. The van der Waals surface area contributed by atoms with E-state index in [-0.39, 0.29) is 11.5 Å². The smallest absolute Gasteiger partial charge is 0.276 e. The van der Waals surface area contributed by atoms with Crippen LogP contribution < -0.4 is 21.9 Å². The van der Waals surface area contributed by atoms with Crippen molar-refractivity contribution in [2.45, 2.75) is 38.3 Å². The first-order valence-corrected chi connectivity index (χ1v) is 8.92. The first-order valence-electron chi connectivity index (χ1n) is 8.92. The quantitative estimate of drug-likeness (QED) is 0.754. The summed E-state index contributed by atoms with van der Waals surface area (Å²) in [7, 11) is 0. The Bertz CT molecular complexity index is 1000. The van der Waals surface area contributed by atoms with Gasteiger partial charge in [-0.25, -0.2) is 9.97 Å². The van der Waals surface area contributed by atoms with E-state index >= 15 is 0 Å². The third kappa shape index (κ3) is 1.95. The van der Waals surface area contributed by atoms with Crippen molar-refractivity contribution in [3.05, 3.63) is 40.1 Å². The number of nitrogens with one attached hydrogen (secondary N) is 2. The van der Waals surface area contributed by atoms with Gasteiger partial charge in [0.05, 0.1) is 0 Å². The number of aryl methyl sites for hydroxylation is 1. The van der Waals surface area contributed by atoms with Gasteiger partial charge < -0.3 is 16.4 Å². The highest BCUT2D eigenvalue weighted by molar-refractivity contribution is 5.97. The molecule has 2 fully saturated rings. The van der Waals surface area contributed by atoms with Crippen molar-refractivity contribution in [3.8, 4) is 0 Å². The number of rotatable bonds is 2. The summed E-state index contributed by atoms with van der Waals surface area (Å²) >= 11 is 0. The molecule has 0 aromatic carbocycles. The number of fused-ring (bicyclic) bond motifs is 5. The molecule has 4 N–H and O–H groups in total. The van der Waals surface area contributed by atoms with Crippen LogP contribution in [0.3, 0.4) is 0 Å². The number of carbonyl (C=O) groups excluding carboxylic acids is 1. The average molecular weight is 352 g/mol. The van der Waals surface area contributed by atoms with Crippen molar-refractivity contribution >= 4 is 23.2 Å². The number of anilines is 3. The van der Waals surface area contributed by atoms with Crippen molar-refractivity contribution in [2.75, 3.05) is 11.1 Å². The molecule has 26 heavy (non-hydrogen) atoms. The monoisotopic (exact) mass is 352 g/mol. The van der Waals surface area contributed by atoms with Gasteiger partial charge in [-0.2, -0.15) is 0 Å². The van der Waals surface area contributed by atoms with E-state index in [1.807, 2.05) is 6.92 Å². The maximum atomic E-state index is 13.3. The molecule has 3 aliphatic rings. The maximum Gasteiger partial charge on any atom is 0.276 e. The molecule has 1 unspecified atom stereocenters. The predicted molar refractivity (Wildman–Crippen MR) is 96.1 cm³/mol. The second kappa shape index (κ2) is 5.06. The number of nitrogens with zero attached hydrogens (tertiary/aromatic N) is 3. The van der Waals surface area contributed by atoms with Crippen molar-refractivity contribution < 1.29 is 4.79 Å². The zero-order valence-corrected chi connectivity index (χ0v) is 14.5. The molecule has 2 bridgehead atoms.